The number of amides is 2. The van der Waals surface area contributed by atoms with Gasteiger partial charge in [0, 0.05) is 36.2 Å². The lowest BCUT2D eigenvalue weighted by molar-refractivity contribution is -0.120. The maximum atomic E-state index is 12.0. The smallest absolute Gasteiger partial charge is 0.253 e. The molecule has 0 aliphatic heterocycles. The van der Waals surface area contributed by atoms with Crippen molar-refractivity contribution in [3.05, 3.63) is 32.4 Å². The molecule has 98 valence electrons. The van der Waals surface area contributed by atoms with Crippen molar-refractivity contribution in [1.82, 2.24) is 10.2 Å². The van der Waals surface area contributed by atoms with Crippen molar-refractivity contribution in [3.8, 4) is 0 Å². The molecule has 0 atom stereocenters. The van der Waals surface area contributed by atoms with Crippen molar-refractivity contribution in [2.45, 2.75) is 6.42 Å². The van der Waals surface area contributed by atoms with Crippen LogP contribution < -0.4 is 5.32 Å². The minimum Gasteiger partial charge on any atom is -0.359 e. The first kappa shape index (κ1) is 15.2. The van der Waals surface area contributed by atoms with Crippen molar-refractivity contribution in [1.29, 1.82) is 0 Å². The molecule has 0 aliphatic rings. The lowest BCUT2D eigenvalue weighted by atomic mass is 10.2. The molecule has 0 aliphatic carbocycles. The number of nitrogens with zero attached hydrogens (tertiary/aromatic N) is 1. The molecule has 0 fully saturated rings. The molecule has 18 heavy (non-hydrogen) atoms. The average Bonchev–Trinajstić information content (AvgIpc) is 2.37. The fourth-order valence-corrected chi connectivity index (χ4v) is 1.86. The molecule has 0 spiro atoms. The molecule has 2 amide bonds. The van der Waals surface area contributed by atoms with Crippen LogP contribution in [-0.2, 0) is 4.79 Å². The quantitative estimate of drug-likeness (QED) is 0.814. The minimum absolute atomic E-state index is 0.0877. The van der Waals surface area contributed by atoms with Crippen LogP contribution in [0.3, 0.4) is 0 Å². The van der Waals surface area contributed by atoms with Crippen LogP contribution in [0.4, 0.5) is 0 Å². The number of carbonyl (C=O) groups excluding carboxylic acids is 2. The Morgan fingerprint density at radius 1 is 1.44 bits per heavy atom. The van der Waals surface area contributed by atoms with Gasteiger partial charge in [-0.2, -0.15) is 0 Å². The Morgan fingerprint density at radius 2 is 2.11 bits per heavy atom. The predicted octanol–water partition coefficient (Wildman–Crippen LogP) is 2.15. The van der Waals surface area contributed by atoms with Gasteiger partial charge < -0.3 is 10.2 Å². The van der Waals surface area contributed by atoms with Crippen molar-refractivity contribution in [3.63, 3.8) is 0 Å². The van der Waals surface area contributed by atoms with Gasteiger partial charge in [-0.15, -0.1) is 0 Å². The first-order chi connectivity index (χ1) is 8.45. The van der Waals surface area contributed by atoms with Gasteiger partial charge in [-0.05, 0) is 40.8 Å². The number of hydrogen-bond acceptors (Lipinski definition) is 2. The molecule has 0 heterocycles. The summed E-state index contributed by atoms with van der Waals surface area (Å²) in [5, 5.41) is 3.07. The minimum atomic E-state index is -0.141. The predicted molar refractivity (Wildman–Crippen MR) is 79.8 cm³/mol. The fourth-order valence-electron chi connectivity index (χ4n) is 1.35. The lowest BCUT2D eigenvalue weighted by Gasteiger charge is -2.17. The summed E-state index contributed by atoms with van der Waals surface area (Å²) >= 11 is 8.07. The summed E-state index contributed by atoms with van der Waals surface area (Å²) in [6.45, 7) is 0.377. The van der Waals surface area contributed by atoms with E-state index in [9.17, 15) is 9.59 Å². The van der Waals surface area contributed by atoms with Gasteiger partial charge in [-0.3, -0.25) is 9.59 Å². The molecule has 0 aromatic heterocycles. The third-order valence-electron chi connectivity index (χ3n) is 2.47. The van der Waals surface area contributed by atoms with Gasteiger partial charge in [0.25, 0.3) is 5.91 Å². The van der Waals surface area contributed by atoms with Gasteiger partial charge in [0.05, 0.1) is 5.02 Å². The lowest BCUT2D eigenvalue weighted by Crippen LogP contribution is -2.31. The number of halogens is 2. The molecule has 1 aromatic rings. The van der Waals surface area contributed by atoms with Gasteiger partial charge in [-0.1, -0.05) is 11.6 Å². The summed E-state index contributed by atoms with van der Waals surface area (Å²) in [6.07, 6.45) is 0.289. The maximum absolute atomic E-state index is 12.0. The summed E-state index contributed by atoms with van der Waals surface area (Å²) in [4.78, 5) is 24.7. The number of hydrogen-bond donors (Lipinski definition) is 1. The van der Waals surface area contributed by atoms with Crippen LogP contribution in [0.25, 0.3) is 0 Å². The zero-order valence-electron chi connectivity index (χ0n) is 10.2. The van der Waals surface area contributed by atoms with E-state index in [1.54, 1.807) is 32.3 Å². The van der Waals surface area contributed by atoms with Gasteiger partial charge in [0.15, 0.2) is 0 Å². The Morgan fingerprint density at radius 3 is 2.67 bits per heavy atom. The number of benzene rings is 1. The molecule has 0 radical (unpaired) electrons. The summed E-state index contributed by atoms with van der Waals surface area (Å²) in [5.41, 5.74) is 0.528. The second kappa shape index (κ2) is 6.94. The van der Waals surface area contributed by atoms with Gasteiger partial charge in [0.1, 0.15) is 0 Å². The maximum Gasteiger partial charge on any atom is 0.253 e. The largest absolute Gasteiger partial charge is 0.359 e. The van der Waals surface area contributed by atoms with Crippen molar-refractivity contribution < 1.29 is 9.59 Å². The molecule has 1 aromatic carbocycles. The Labute approximate surface area is 125 Å². The second-order valence-corrected chi connectivity index (χ2v) is 5.35. The molecule has 0 saturated heterocycles. The van der Waals surface area contributed by atoms with Crippen molar-refractivity contribution in [2.24, 2.45) is 0 Å². The molecule has 6 heteroatoms. The Kier molecular flexibility index (Phi) is 5.87. The van der Waals surface area contributed by atoms with E-state index in [0.717, 1.165) is 3.57 Å². The summed E-state index contributed by atoms with van der Waals surface area (Å²) in [6, 6.07) is 5.16. The zero-order chi connectivity index (χ0) is 13.7. The van der Waals surface area contributed by atoms with Crippen LogP contribution in [0, 0.1) is 3.57 Å². The Hall–Kier alpha value is -0.820. The van der Waals surface area contributed by atoms with E-state index in [4.69, 9.17) is 11.6 Å². The van der Waals surface area contributed by atoms with Crippen LogP contribution in [0.2, 0.25) is 5.02 Å². The highest BCUT2D eigenvalue weighted by Gasteiger charge is 2.13. The van der Waals surface area contributed by atoms with E-state index in [0.29, 0.717) is 17.1 Å². The average molecular weight is 381 g/mol. The normalized spacial score (nSPS) is 10.0. The SMILES string of the molecule is CNC(=O)CCN(C)C(=O)c1ccc(I)c(Cl)c1. The van der Waals surface area contributed by atoms with Gasteiger partial charge in [-0.25, -0.2) is 0 Å². The summed E-state index contributed by atoms with van der Waals surface area (Å²) in [5.74, 6) is -0.229. The first-order valence-electron chi connectivity index (χ1n) is 5.36. The van der Waals surface area contributed by atoms with E-state index in [1.807, 2.05) is 0 Å². The van der Waals surface area contributed by atoms with E-state index in [1.165, 1.54) is 4.90 Å². The van der Waals surface area contributed by atoms with Crippen LogP contribution in [0.15, 0.2) is 18.2 Å². The summed E-state index contributed by atoms with van der Waals surface area (Å²) < 4.78 is 0.902. The van der Waals surface area contributed by atoms with Crippen LogP contribution in [0.1, 0.15) is 16.8 Å². The third kappa shape index (κ3) is 4.13. The topological polar surface area (TPSA) is 49.4 Å². The highest BCUT2D eigenvalue weighted by Crippen LogP contribution is 2.20. The van der Waals surface area contributed by atoms with Crippen LogP contribution >= 0.6 is 34.2 Å². The van der Waals surface area contributed by atoms with E-state index >= 15 is 0 Å². The Bertz CT molecular complexity index is 465. The molecular weight excluding hydrogens is 367 g/mol. The van der Waals surface area contributed by atoms with Crippen LogP contribution in [0.5, 0.6) is 0 Å². The standard InChI is InChI=1S/C12H14ClIN2O2/c1-15-11(17)5-6-16(2)12(18)8-3-4-10(14)9(13)7-8/h3-4,7H,5-6H2,1-2H3,(H,15,17). The molecule has 0 saturated carbocycles. The van der Waals surface area contributed by atoms with E-state index in [-0.39, 0.29) is 18.2 Å². The Balaban J connectivity index is 2.68. The first-order valence-corrected chi connectivity index (χ1v) is 6.82. The third-order valence-corrected chi connectivity index (χ3v) is 4.04. The van der Waals surface area contributed by atoms with Gasteiger partial charge >= 0.3 is 0 Å². The molecule has 0 bridgehead atoms. The van der Waals surface area contributed by atoms with Crippen LogP contribution in [-0.4, -0.2) is 37.4 Å². The number of carbonyl (C=O) groups is 2. The van der Waals surface area contributed by atoms with E-state index in [2.05, 4.69) is 27.9 Å². The molecular formula is C12H14ClIN2O2. The second-order valence-electron chi connectivity index (χ2n) is 3.78. The number of nitrogens with one attached hydrogen (secondary N) is 1. The van der Waals surface area contributed by atoms with E-state index < -0.39 is 0 Å². The molecule has 1 N–H and O–H groups in total. The number of rotatable bonds is 4. The zero-order valence-corrected chi connectivity index (χ0v) is 13.1. The van der Waals surface area contributed by atoms with Crippen molar-refractivity contribution >= 4 is 46.0 Å². The monoisotopic (exact) mass is 380 g/mol. The van der Waals surface area contributed by atoms with Crippen molar-refractivity contribution in [2.75, 3.05) is 20.6 Å². The summed E-state index contributed by atoms with van der Waals surface area (Å²) in [7, 11) is 3.24. The highest BCUT2D eigenvalue weighted by molar-refractivity contribution is 14.1. The molecule has 1 rings (SSSR count). The highest BCUT2D eigenvalue weighted by atomic mass is 127. The fraction of sp³-hybridized carbons (Fsp3) is 0.333. The van der Waals surface area contributed by atoms with Gasteiger partial charge in [0.2, 0.25) is 5.91 Å². The molecule has 0 unspecified atom stereocenters. The molecule has 4 nitrogen and oxygen atoms in total.